The molecule has 5 nitrogen and oxygen atoms in total. The Kier molecular flexibility index (Phi) is 2.34. The summed E-state index contributed by atoms with van der Waals surface area (Å²) in [5.41, 5.74) is 6.41. The van der Waals surface area contributed by atoms with Gasteiger partial charge in [0.05, 0.1) is 22.8 Å². The van der Waals surface area contributed by atoms with Crippen LogP contribution < -0.4 is 5.73 Å². The van der Waals surface area contributed by atoms with Gasteiger partial charge in [0.2, 0.25) is 0 Å². The summed E-state index contributed by atoms with van der Waals surface area (Å²) in [6.45, 7) is 4.87. The fraction of sp³-hybridized carbons (Fsp3) is 0.571. The van der Waals surface area contributed by atoms with Gasteiger partial charge in [-0.2, -0.15) is 9.19 Å². The molecule has 0 aromatic carbocycles. The third-order valence-electron chi connectivity index (χ3n) is 1.77. The number of rotatable bonds is 2. The molecule has 0 spiro atoms. The number of nitrogens with two attached hydrogens (primary N) is 1. The molecule has 0 bridgehead atoms. The summed E-state index contributed by atoms with van der Waals surface area (Å²) < 4.78 is 24.0. The standard InChI is InChI=1S/C7H13N3O2S/c1-5(2)13(11,12)10-4-7(8)6(3)9-10/h4-5H,8H2,1-3H3. The van der Waals surface area contributed by atoms with E-state index in [2.05, 4.69) is 5.10 Å². The maximum absolute atomic E-state index is 11.5. The van der Waals surface area contributed by atoms with Crippen LogP contribution in [0.2, 0.25) is 0 Å². The number of nitrogen functional groups attached to an aromatic ring is 1. The average Bonchev–Trinajstić information content (AvgIpc) is 2.32. The van der Waals surface area contributed by atoms with E-state index < -0.39 is 15.3 Å². The Balaban J connectivity index is 3.24. The summed E-state index contributed by atoms with van der Waals surface area (Å²) in [6.07, 6.45) is 1.32. The number of nitrogens with zero attached hydrogens (tertiary/aromatic N) is 2. The molecule has 0 aliphatic heterocycles. The molecule has 2 N–H and O–H groups in total. The van der Waals surface area contributed by atoms with Crippen molar-refractivity contribution in [3.63, 3.8) is 0 Å². The second kappa shape index (κ2) is 3.02. The molecule has 6 heteroatoms. The van der Waals surface area contributed by atoms with Gasteiger partial charge in [0, 0.05) is 0 Å². The average molecular weight is 203 g/mol. The molecule has 1 aromatic rings. The Morgan fingerprint density at radius 3 is 2.38 bits per heavy atom. The van der Waals surface area contributed by atoms with Crippen LogP contribution in [-0.4, -0.2) is 22.9 Å². The van der Waals surface area contributed by atoms with E-state index in [-0.39, 0.29) is 0 Å². The molecule has 0 aliphatic rings. The van der Waals surface area contributed by atoms with E-state index in [9.17, 15) is 8.42 Å². The number of anilines is 1. The van der Waals surface area contributed by atoms with E-state index in [0.29, 0.717) is 11.4 Å². The van der Waals surface area contributed by atoms with E-state index in [1.165, 1.54) is 6.20 Å². The highest BCUT2D eigenvalue weighted by Crippen LogP contribution is 2.11. The van der Waals surface area contributed by atoms with Crippen LogP contribution in [0.25, 0.3) is 0 Å². The van der Waals surface area contributed by atoms with E-state index in [1.54, 1.807) is 20.8 Å². The van der Waals surface area contributed by atoms with Crippen molar-refractivity contribution in [2.75, 3.05) is 5.73 Å². The summed E-state index contributed by atoms with van der Waals surface area (Å²) in [5.74, 6) is 0. The van der Waals surface area contributed by atoms with Crippen molar-refractivity contribution in [2.45, 2.75) is 26.0 Å². The molecule has 0 saturated heterocycles. The summed E-state index contributed by atoms with van der Waals surface area (Å²) in [4.78, 5) is 0. The van der Waals surface area contributed by atoms with Gasteiger partial charge in [-0.3, -0.25) is 0 Å². The van der Waals surface area contributed by atoms with Crippen LogP contribution in [-0.2, 0) is 10.0 Å². The largest absolute Gasteiger partial charge is 0.396 e. The molecular weight excluding hydrogens is 190 g/mol. The number of aryl methyl sites for hydroxylation is 1. The lowest BCUT2D eigenvalue weighted by atomic mass is 10.4. The summed E-state index contributed by atoms with van der Waals surface area (Å²) in [7, 11) is -3.35. The maximum atomic E-state index is 11.5. The monoisotopic (exact) mass is 203 g/mol. The molecule has 0 unspecified atom stereocenters. The highest BCUT2D eigenvalue weighted by molar-refractivity contribution is 7.90. The Labute approximate surface area is 77.6 Å². The van der Waals surface area contributed by atoms with Crippen LogP contribution in [0.1, 0.15) is 19.5 Å². The molecule has 1 rings (SSSR count). The lowest BCUT2D eigenvalue weighted by Gasteiger charge is -2.05. The first-order valence-electron chi connectivity index (χ1n) is 3.92. The second-order valence-corrected chi connectivity index (χ2v) is 5.48. The third-order valence-corrected chi connectivity index (χ3v) is 3.67. The lowest BCUT2D eigenvalue weighted by Crippen LogP contribution is -2.22. The van der Waals surface area contributed by atoms with Gasteiger partial charge in [-0.25, -0.2) is 8.42 Å². The van der Waals surface area contributed by atoms with Gasteiger partial charge in [-0.15, -0.1) is 0 Å². The maximum Gasteiger partial charge on any atom is 0.256 e. The molecule has 0 fully saturated rings. The van der Waals surface area contributed by atoms with E-state index >= 15 is 0 Å². The molecule has 0 aliphatic carbocycles. The first-order chi connectivity index (χ1) is 5.85. The minimum atomic E-state index is -3.35. The Bertz CT molecular complexity index is 386. The lowest BCUT2D eigenvalue weighted by molar-refractivity contribution is 0.570. The topological polar surface area (TPSA) is 78.0 Å². The van der Waals surface area contributed by atoms with E-state index in [1.807, 2.05) is 0 Å². The van der Waals surface area contributed by atoms with Gasteiger partial charge in [0.15, 0.2) is 0 Å². The van der Waals surface area contributed by atoms with E-state index in [4.69, 9.17) is 5.73 Å². The van der Waals surface area contributed by atoms with Crippen LogP contribution in [0.15, 0.2) is 6.20 Å². The number of aromatic nitrogens is 2. The van der Waals surface area contributed by atoms with E-state index in [0.717, 1.165) is 4.09 Å². The molecular formula is C7H13N3O2S. The van der Waals surface area contributed by atoms with Crippen LogP contribution in [0.3, 0.4) is 0 Å². The molecule has 0 amide bonds. The Morgan fingerprint density at radius 1 is 1.54 bits per heavy atom. The van der Waals surface area contributed by atoms with Gasteiger partial charge < -0.3 is 5.73 Å². The fourth-order valence-electron chi connectivity index (χ4n) is 0.793. The minimum Gasteiger partial charge on any atom is -0.396 e. The molecule has 0 radical (unpaired) electrons. The van der Waals surface area contributed by atoms with Gasteiger partial charge in [0.1, 0.15) is 0 Å². The fourth-order valence-corrected chi connectivity index (χ4v) is 1.72. The highest BCUT2D eigenvalue weighted by Gasteiger charge is 2.20. The summed E-state index contributed by atoms with van der Waals surface area (Å²) in [6, 6.07) is 0. The number of hydrogen-bond donors (Lipinski definition) is 1. The zero-order valence-electron chi connectivity index (χ0n) is 7.85. The van der Waals surface area contributed by atoms with Crippen molar-refractivity contribution in [3.05, 3.63) is 11.9 Å². The first kappa shape index (κ1) is 10.0. The highest BCUT2D eigenvalue weighted by atomic mass is 32.2. The van der Waals surface area contributed by atoms with Crippen molar-refractivity contribution in [1.29, 1.82) is 0 Å². The minimum absolute atomic E-state index is 0.393. The summed E-state index contributed by atoms with van der Waals surface area (Å²) in [5, 5.41) is 3.31. The molecule has 1 aromatic heterocycles. The van der Waals surface area contributed by atoms with Crippen molar-refractivity contribution in [3.8, 4) is 0 Å². The van der Waals surface area contributed by atoms with Crippen LogP contribution in [0.5, 0.6) is 0 Å². The smallest absolute Gasteiger partial charge is 0.256 e. The zero-order valence-corrected chi connectivity index (χ0v) is 8.67. The Hall–Kier alpha value is -1.04. The Morgan fingerprint density at radius 2 is 2.08 bits per heavy atom. The van der Waals surface area contributed by atoms with Crippen molar-refractivity contribution in [1.82, 2.24) is 9.19 Å². The molecule has 74 valence electrons. The van der Waals surface area contributed by atoms with Crippen LogP contribution >= 0.6 is 0 Å². The van der Waals surface area contributed by atoms with Crippen molar-refractivity contribution >= 4 is 15.7 Å². The number of hydrogen-bond acceptors (Lipinski definition) is 4. The normalized spacial score (nSPS) is 12.3. The van der Waals surface area contributed by atoms with Gasteiger partial charge >= 0.3 is 0 Å². The predicted molar refractivity (Wildman–Crippen MR) is 50.8 cm³/mol. The second-order valence-electron chi connectivity index (χ2n) is 3.14. The van der Waals surface area contributed by atoms with Gasteiger partial charge in [-0.05, 0) is 20.8 Å². The quantitative estimate of drug-likeness (QED) is 0.752. The van der Waals surface area contributed by atoms with Crippen molar-refractivity contribution < 1.29 is 8.42 Å². The molecule has 0 saturated carbocycles. The van der Waals surface area contributed by atoms with Gasteiger partial charge in [0.25, 0.3) is 10.0 Å². The van der Waals surface area contributed by atoms with Gasteiger partial charge in [-0.1, -0.05) is 0 Å². The van der Waals surface area contributed by atoms with Crippen molar-refractivity contribution in [2.24, 2.45) is 0 Å². The zero-order chi connectivity index (χ0) is 10.2. The predicted octanol–water partition coefficient (Wildman–Crippen LogP) is 0.360. The van der Waals surface area contributed by atoms with Crippen LogP contribution in [0, 0.1) is 6.92 Å². The summed E-state index contributed by atoms with van der Waals surface area (Å²) >= 11 is 0. The first-order valence-corrected chi connectivity index (χ1v) is 5.42. The molecule has 13 heavy (non-hydrogen) atoms. The third kappa shape index (κ3) is 1.67. The molecule has 0 atom stereocenters. The van der Waals surface area contributed by atoms with Crippen LogP contribution in [0.4, 0.5) is 5.69 Å². The molecule has 1 heterocycles. The SMILES string of the molecule is Cc1nn(S(=O)(=O)C(C)C)cc1N.